The summed E-state index contributed by atoms with van der Waals surface area (Å²) in [7, 11) is 0. The second kappa shape index (κ2) is 8.71. The molecule has 144 valence electrons. The van der Waals surface area contributed by atoms with E-state index in [4.69, 9.17) is 4.74 Å². The van der Waals surface area contributed by atoms with Crippen LogP contribution in [0, 0.1) is 6.92 Å². The molecule has 4 nitrogen and oxygen atoms in total. The van der Waals surface area contributed by atoms with Crippen molar-refractivity contribution < 1.29 is 9.53 Å². The highest BCUT2D eigenvalue weighted by molar-refractivity contribution is 7.11. The normalized spacial score (nSPS) is 11.1. The SMILES string of the molecule is Cc1ccsc1C=NNC(=O)c1ccc(COc2ccc3ccccc3c2)cc1. The van der Waals surface area contributed by atoms with Gasteiger partial charge in [-0.05, 0) is 64.5 Å². The van der Waals surface area contributed by atoms with Crippen LogP contribution in [-0.2, 0) is 6.61 Å². The molecule has 0 aliphatic rings. The van der Waals surface area contributed by atoms with Gasteiger partial charge in [0.15, 0.2) is 0 Å². The van der Waals surface area contributed by atoms with Gasteiger partial charge in [-0.25, -0.2) is 5.43 Å². The number of hydrazone groups is 1. The summed E-state index contributed by atoms with van der Waals surface area (Å²) in [6, 6.07) is 23.6. The van der Waals surface area contributed by atoms with Crippen LogP contribution in [0.2, 0.25) is 0 Å². The third-order valence-electron chi connectivity index (χ3n) is 4.59. The highest BCUT2D eigenvalue weighted by Gasteiger charge is 2.05. The summed E-state index contributed by atoms with van der Waals surface area (Å²) in [6.45, 7) is 2.45. The molecule has 0 saturated carbocycles. The van der Waals surface area contributed by atoms with Crippen molar-refractivity contribution in [3.8, 4) is 5.75 Å². The minimum absolute atomic E-state index is 0.238. The zero-order valence-electron chi connectivity index (χ0n) is 16.0. The number of amides is 1. The maximum atomic E-state index is 12.2. The summed E-state index contributed by atoms with van der Waals surface area (Å²) in [5.74, 6) is 0.584. The predicted molar refractivity (Wildman–Crippen MR) is 119 cm³/mol. The van der Waals surface area contributed by atoms with Crippen LogP contribution in [0.4, 0.5) is 0 Å². The summed E-state index contributed by atoms with van der Waals surface area (Å²) in [5.41, 5.74) is 5.26. The first-order valence-corrected chi connectivity index (χ1v) is 10.1. The third kappa shape index (κ3) is 4.70. The number of nitrogens with zero attached hydrogens (tertiary/aromatic N) is 1. The van der Waals surface area contributed by atoms with Crippen LogP contribution in [0.5, 0.6) is 5.75 Å². The summed E-state index contributed by atoms with van der Waals surface area (Å²) < 4.78 is 5.90. The third-order valence-corrected chi connectivity index (χ3v) is 5.55. The van der Waals surface area contributed by atoms with Gasteiger partial charge in [0.2, 0.25) is 0 Å². The Morgan fingerprint density at radius 2 is 1.83 bits per heavy atom. The zero-order chi connectivity index (χ0) is 20.1. The highest BCUT2D eigenvalue weighted by Crippen LogP contribution is 2.21. The molecule has 0 aliphatic heterocycles. The van der Waals surface area contributed by atoms with Crippen molar-refractivity contribution in [2.45, 2.75) is 13.5 Å². The van der Waals surface area contributed by atoms with E-state index in [1.54, 1.807) is 29.7 Å². The molecule has 0 unspecified atom stereocenters. The maximum Gasteiger partial charge on any atom is 0.271 e. The fourth-order valence-electron chi connectivity index (χ4n) is 2.91. The molecule has 5 heteroatoms. The van der Waals surface area contributed by atoms with Gasteiger partial charge in [0.05, 0.1) is 6.21 Å². The van der Waals surface area contributed by atoms with Crippen LogP contribution in [0.25, 0.3) is 10.8 Å². The molecule has 3 aromatic carbocycles. The van der Waals surface area contributed by atoms with E-state index in [0.29, 0.717) is 12.2 Å². The van der Waals surface area contributed by atoms with Gasteiger partial charge < -0.3 is 4.74 Å². The predicted octanol–water partition coefficient (Wildman–Crippen LogP) is 5.55. The molecule has 0 bridgehead atoms. The Morgan fingerprint density at radius 3 is 2.59 bits per heavy atom. The van der Waals surface area contributed by atoms with Gasteiger partial charge in [0, 0.05) is 10.4 Å². The molecule has 0 radical (unpaired) electrons. The second-order valence-electron chi connectivity index (χ2n) is 6.66. The van der Waals surface area contributed by atoms with Crippen molar-refractivity contribution in [3.05, 3.63) is 99.7 Å². The number of aryl methyl sites for hydroxylation is 1. The minimum atomic E-state index is -0.238. The molecule has 4 aromatic rings. The van der Waals surface area contributed by atoms with Gasteiger partial charge in [-0.1, -0.05) is 42.5 Å². The molecule has 0 atom stereocenters. The fraction of sp³-hybridized carbons (Fsp3) is 0.0833. The lowest BCUT2D eigenvalue weighted by Crippen LogP contribution is -2.17. The number of fused-ring (bicyclic) bond motifs is 1. The Bertz CT molecular complexity index is 1160. The number of rotatable bonds is 6. The number of carbonyl (C=O) groups is 1. The Balaban J connectivity index is 1.34. The largest absolute Gasteiger partial charge is 0.489 e. The molecule has 1 aromatic heterocycles. The lowest BCUT2D eigenvalue weighted by Gasteiger charge is -2.08. The maximum absolute atomic E-state index is 12.2. The number of thiophene rings is 1. The average Bonchev–Trinajstić information content (AvgIpc) is 3.17. The number of benzene rings is 3. The Labute approximate surface area is 173 Å². The standard InChI is InChI=1S/C24H20N2O2S/c1-17-12-13-29-23(17)15-25-26-24(27)20-8-6-18(7-9-20)16-28-22-11-10-19-4-2-3-5-21(19)14-22/h2-15H,16H2,1H3,(H,26,27). The minimum Gasteiger partial charge on any atom is -0.489 e. The summed E-state index contributed by atoms with van der Waals surface area (Å²) in [6.07, 6.45) is 1.67. The molecular formula is C24H20N2O2S. The van der Waals surface area contributed by atoms with E-state index >= 15 is 0 Å². The molecular weight excluding hydrogens is 380 g/mol. The fourth-order valence-corrected chi connectivity index (χ4v) is 3.69. The quantitative estimate of drug-likeness (QED) is 0.341. The van der Waals surface area contributed by atoms with E-state index in [2.05, 4.69) is 28.7 Å². The first-order chi connectivity index (χ1) is 14.2. The molecule has 0 fully saturated rings. The van der Waals surface area contributed by atoms with Crippen molar-refractivity contribution in [3.63, 3.8) is 0 Å². The number of nitrogens with one attached hydrogen (secondary N) is 1. The second-order valence-corrected chi connectivity index (χ2v) is 7.61. The molecule has 29 heavy (non-hydrogen) atoms. The monoisotopic (exact) mass is 400 g/mol. The highest BCUT2D eigenvalue weighted by atomic mass is 32.1. The van der Waals surface area contributed by atoms with E-state index in [9.17, 15) is 4.79 Å². The van der Waals surface area contributed by atoms with Crippen LogP contribution in [-0.4, -0.2) is 12.1 Å². The lowest BCUT2D eigenvalue weighted by atomic mass is 10.1. The Kier molecular flexibility index (Phi) is 5.68. The topological polar surface area (TPSA) is 50.7 Å². The number of hydrogen-bond donors (Lipinski definition) is 1. The van der Waals surface area contributed by atoms with E-state index in [1.807, 2.05) is 54.8 Å². The van der Waals surface area contributed by atoms with Gasteiger partial charge in [-0.15, -0.1) is 11.3 Å². The van der Waals surface area contributed by atoms with Gasteiger partial charge >= 0.3 is 0 Å². The molecule has 1 N–H and O–H groups in total. The van der Waals surface area contributed by atoms with Crippen LogP contribution in [0.1, 0.15) is 26.4 Å². The van der Waals surface area contributed by atoms with Gasteiger partial charge in [-0.3, -0.25) is 4.79 Å². The summed E-state index contributed by atoms with van der Waals surface area (Å²) in [5, 5.41) is 8.37. The van der Waals surface area contributed by atoms with Gasteiger partial charge in [0.1, 0.15) is 12.4 Å². The molecule has 4 rings (SSSR count). The number of carbonyl (C=O) groups excluding carboxylic acids is 1. The summed E-state index contributed by atoms with van der Waals surface area (Å²) >= 11 is 1.59. The van der Waals surface area contributed by atoms with Crippen LogP contribution >= 0.6 is 11.3 Å². The van der Waals surface area contributed by atoms with Crippen molar-refractivity contribution in [2.24, 2.45) is 5.10 Å². The average molecular weight is 401 g/mol. The van der Waals surface area contributed by atoms with Crippen molar-refractivity contribution >= 4 is 34.2 Å². The zero-order valence-corrected chi connectivity index (χ0v) is 16.8. The first kappa shape index (κ1) is 18.9. The molecule has 1 amide bonds. The lowest BCUT2D eigenvalue weighted by molar-refractivity contribution is 0.0955. The van der Waals surface area contributed by atoms with Gasteiger partial charge in [0.25, 0.3) is 5.91 Å². The van der Waals surface area contributed by atoms with E-state index in [0.717, 1.165) is 27.1 Å². The van der Waals surface area contributed by atoms with Gasteiger partial charge in [-0.2, -0.15) is 5.10 Å². The van der Waals surface area contributed by atoms with Crippen LogP contribution < -0.4 is 10.2 Å². The molecule has 0 aliphatic carbocycles. The van der Waals surface area contributed by atoms with Crippen molar-refractivity contribution in [1.29, 1.82) is 0 Å². The van der Waals surface area contributed by atoms with Crippen molar-refractivity contribution in [2.75, 3.05) is 0 Å². The van der Waals surface area contributed by atoms with Crippen LogP contribution in [0.15, 0.2) is 83.3 Å². The van der Waals surface area contributed by atoms with E-state index < -0.39 is 0 Å². The molecule has 0 spiro atoms. The van der Waals surface area contributed by atoms with E-state index in [1.165, 1.54) is 5.39 Å². The van der Waals surface area contributed by atoms with E-state index in [-0.39, 0.29) is 5.91 Å². The Hall–Kier alpha value is -3.44. The smallest absolute Gasteiger partial charge is 0.271 e. The molecule has 1 heterocycles. The molecule has 0 saturated heterocycles. The Morgan fingerprint density at radius 1 is 1.03 bits per heavy atom. The van der Waals surface area contributed by atoms with Crippen molar-refractivity contribution in [1.82, 2.24) is 5.43 Å². The summed E-state index contributed by atoms with van der Waals surface area (Å²) in [4.78, 5) is 13.3. The number of hydrogen-bond acceptors (Lipinski definition) is 4. The number of ether oxygens (including phenoxy) is 1. The van der Waals surface area contributed by atoms with Crippen LogP contribution in [0.3, 0.4) is 0 Å². The first-order valence-electron chi connectivity index (χ1n) is 9.27.